The van der Waals surface area contributed by atoms with Crippen molar-refractivity contribution in [2.24, 2.45) is 11.7 Å². The Morgan fingerprint density at radius 3 is 2.34 bits per heavy atom. The average molecular weight is 393 g/mol. The van der Waals surface area contributed by atoms with Gasteiger partial charge < -0.3 is 15.0 Å². The maximum absolute atomic E-state index is 12.7. The van der Waals surface area contributed by atoms with E-state index in [0.29, 0.717) is 0 Å². The third-order valence-corrected chi connectivity index (χ3v) is 4.54. The first kappa shape index (κ1) is 20.1. The molecule has 3 N–H and O–H groups in total. The molecule has 1 atom stereocenters. The van der Waals surface area contributed by atoms with Gasteiger partial charge in [-0.15, -0.1) is 0 Å². The van der Waals surface area contributed by atoms with Crippen molar-refractivity contribution in [1.82, 2.24) is 9.88 Å². The molecule has 0 unspecified atom stereocenters. The normalized spacial score (nSPS) is 12.0. The summed E-state index contributed by atoms with van der Waals surface area (Å²) in [6, 6.07) is 18.5. The van der Waals surface area contributed by atoms with Crippen molar-refractivity contribution in [3.05, 3.63) is 60.7 Å². The van der Waals surface area contributed by atoms with Gasteiger partial charge in [-0.3, -0.25) is 14.9 Å². The number of aromatic nitrogens is 1. The summed E-state index contributed by atoms with van der Waals surface area (Å²) >= 11 is 0. The first-order valence-corrected chi connectivity index (χ1v) is 9.30. The molecule has 0 bridgehead atoms. The second-order valence-corrected chi connectivity index (χ2v) is 7.05. The topological polar surface area (TPSA) is 103 Å². The van der Waals surface area contributed by atoms with Crippen molar-refractivity contribution < 1.29 is 19.1 Å². The number of nitrogens with zero attached hydrogens (tertiary/aromatic N) is 1. The summed E-state index contributed by atoms with van der Waals surface area (Å²) in [6.07, 6.45) is -1.11. The van der Waals surface area contributed by atoms with Gasteiger partial charge in [0.25, 0.3) is 5.91 Å². The van der Waals surface area contributed by atoms with Crippen LogP contribution >= 0.6 is 0 Å². The molecular formula is C22H23N3O4. The Hall–Kier alpha value is -3.61. The number of carbonyl (C=O) groups is 3. The molecule has 7 nitrogen and oxygen atoms in total. The van der Waals surface area contributed by atoms with Gasteiger partial charge in [0.15, 0.2) is 6.10 Å². The summed E-state index contributed by atoms with van der Waals surface area (Å²) in [5, 5.41) is 2.96. The van der Waals surface area contributed by atoms with Crippen molar-refractivity contribution >= 4 is 28.8 Å². The van der Waals surface area contributed by atoms with E-state index >= 15 is 0 Å². The van der Waals surface area contributed by atoms with E-state index in [9.17, 15) is 14.4 Å². The quantitative estimate of drug-likeness (QED) is 0.628. The van der Waals surface area contributed by atoms with E-state index in [1.807, 2.05) is 70.5 Å². The summed E-state index contributed by atoms with van der Waals surface area (Å²) in [7, 11) is 0. The van der Waals surface area contributed by atoms with E-state index in [2.05, 4.69) is 0 Å². The van der Waals surface area contributed by atoms with E-state index in [0.717, 1.165) is 22.2 Å². The zero-order chi connectivity index (χ0) is 21.0. The first-order valence-electron chi connectivity index (χ1n) is 9.30. The van der Waals surface area contributed by atoms with Crippen LogP contribution in [0.1, 0.15) is 13.8 Å². The average Bonchev–Trinajstić information content (AvgIpc) is 3.04. The van der Waals surface area contributed by atoms with Crippen LogP contribution in [0, 0.1) is 5.92 Å². The predicted molar refractivity (Wildman–Crippen MR) is 110 cm³/mol. The monoisotopic (exact) mass is 393 g/mol. The van der Waals surface area contributed by atoms with Gasteiger partial charge in [-0.05, 0) is 23.6 Å². The molecule has 1 heterocycles. The Labute approximate surface area is 168 Å². The molecule has 3 aromatic rings. The number of imide groups is 1. The highest BCUT2D eigenvalue weighted by molar-refractivity contribution is 5.97. The van der Waals surface area contributed by atoms with Crippen LogP contribution in [0.2, 0.25) is 0 Å². The van der Waals surface area contributed by atoms with E-state index in [-0.39, 0.29) is 12.5 Å². The molecule has 0 spiro atoms. The van der Waals surface area contributed by atoms with Crippen LogP contribution in [0.3, 0.4) is 0 Å². The molecule has 0 aliphatic heterocycles. The SMILES string of the molecule is CC(C)[C@@H](OC(=O)Cn1c(-c2ccccc2)cc2ccccc21)C(=O)NC(N)=O. The zero-order valence-electron chi connectivity index (χ0n) is 16.3. The van der Waals surface area contributed by atoms with Gasteiger partial charge in [0, 0.05) is 16.6 Å². The van der Waals surface area contributed by atoms with Gasteiger partial charge in [-0.2, -0.15) is 0 Å². The second kappa shape index (κ2) is 8.60. The van der Waals surface area contributed by atoms with Crippen LogP contribution in [0.5, 0.6) is 0 Å². The number of primary amides is 1. The predicted octanol–water partition coefficient (Wildman–Crippen LogP) is 3.07. The van der Waals surface area contributed by atoms with Crippen LogP contribution in [0.25, 0.3) is 22.2 Å². The minimum absolute atomic E-state index is 0.0786. The third kappa shape index (κ3) is 4.63. The van der Waals surface area contributed by atoms with Crippen molar-refractivity contribution in [3.63, 3.8) is 0 Å². The van der Waals surface area contributed by atoms with Gasteiger partial charge in [-0.1, -0.05) is 62.4 Å². The van der Waals surface area contributed by atoms with Gasteiger partial charge >= 0.3 is 12.0 Å². The number of benzene rings is 2. The third-order valence-electron chi connectivity index (χ3n) is 4.54. The highest BCUT2D eigenvalue weighted by atomic mass is 16.5. The number of urea groups is 1. The number of hydrogen-bond acceptors (Lipinski definition) is 4. The van der Waals surface area contributed by atoms with Crippen LogP contribution in [-0.2, 0) is 20.9 Å². The fraction of sp³-hybridized carbons (Fsp3) is 0.227. The number of nitrogens with two attached hydrogens (primary N) is 1. The smallest absolute Gasteiger partial charge is 0.326 e. The number of fused-ring (bicyclic) bond motifs is 1. The van der Waals surface area contributed by atoms with E-state index in [1.165, 1.54) is 0 Å². The molecule has 0 saturated heterocycles. The molecule has 3 rings (SSSR count). The Morgan fingerprint density at radius 2 is 1.69 bits per heavy atom. The Morgan fingerprint density at radius 1 is 1.03 bits per heavy atom. The minimum atomic E-state index is -1.11. The lowest BCUT2D eigenvalue weighted by Crippen LogP contribution is -2.45. The number of nitrogens with one attached hydrogen (secondary N) is 1. The van der Waals surface area contributed by atoms with Crippen molar-refractivity contribution in [2.75, 3.05) is 0 Å². The fourth-order valence-electron chi connectivity index (χ4n) is 3.22. The standard InChI is InChI=1S/C22H23N3O4/c1-14(2)20(21(27)24-22(23)28)29-19(26)13-25-17-11-7-6-10-16(17)12-18(25)15-8-4-3-5-9-15/h3-12,14,20H,13H2,1-2H3,(H3,23,24,27,28)/t20-/m1/s1. The summed E-state index contributed by atoms with van der Waals surface area (Å²) in [5.74, 6) is -1.64. The van der Waals surface area contributed by atoms with E-state index in [4.69, 9.17) is 10.5 Å². The van der Waals surface area contributed by atoms with Gasteiger partial charge in [0.05, 0.1) is 0 Å². The first-order chi connectivity index (χ1) is 13.9. The van der Waals surface area contributed by atoms with Gasteiger partial charge in [-0.25, -0.2) is 4.79 Å². The number of ether oxygens (including phenoxy) is 1. The summed E-state index contributed by atoms with van der Waals surface area (Å²) in [5.41, 5.74) is 7.71. The molecule has 29 heavy (non-hydrogen) atoms. The van der Waals surface area contributed by atoms with Crippen molar-refractivity contribution in [2.45, 2.75) is 26.5 Å². The number of esters is 1. The van der Waals surface area contributed by atoms with Crippen LogP contribution in [0.4, 0.5) is 4.79 Å². The molecule has 150 valence electrons. The minimum Gasteiger partial charge on any atom is -0.451 e. The highest BCUT2D eigenvalue weighted by Crippen LogP contribution is 2.28. The molecule has 0 saturated carbocycles. The Balaban J connectivity index is 1.90. The maximum atomic E-state index is 12.7. The highest BCUT2D eigenvalue weighted by Gasteiger charge is 2.28. The molecular weight excluding hydrogens is 370 g/mol. The summed E-state index contributed by atoms with van der Waals surface area (Å²) in [4.78, 5) is 35.8. The van der Waals surface area contributed by atoms with E-state index < -0.39 is 24.0 Å². The lowest BCUT2D eigenvalue weighted by atomic mass is 10.1. The molecule has 0 aliphatic rings. The maximum Gasteiger partial charge on any atom is 0.326 e. The summed E-state index contributed by atoms with van der Waals surface area (Å²) in [6.45, 7) is 3.36. The summed E-state index contributed by atoms with van der Waals surface area (Å²) < 4.78 is 7.27. The second-order valence-electron chi connectivity index (χ2n) is 7.05. The molecule has 7 heteroatoms. The zero-order valence-corrected chi connectivity index (χ0v) is 16.3. The van der Waals surface area contributed by atoms with Gasteiger partial charge in [0.2, 0.25) is 0 Å². The van der Waals surface area contributed by atoms with Crippen molar-refractivity contribution in [3.8, 4) is 11.3 Å². The van der Waals surface area contributed by atoms with Crippen molar-refractivity contribution in [1.29, 1.82) is 0 Å². The van der Waals surface area contributed by atoms with Gasteiger partial charge in [0.1, 0.15) is 6.54 Å². The number of carbonyl (C=O) groups excluding carboxylic acids is 3. The fourth-order valence-corrected chi connectivity index (χ4v) is 3.22. The van der Waals surface area contributed by atoms with Crippen LogP contribution < -0.4 is 11.1 Å². The molecule has 2 aromatic carbocycles. The van der Waals surface area contributed by atoms with Crippen LogP contribution in [-0.4, -0.2) is 28.6 Å². The number of para-hydroxylation sites is 1. The molecule has 0 radical (unpaired) electrons. The number of hydrogen-bond donors (Lipinski definition) is 2. The molecule has 0 aliphatic carbocycles. The Bertz CT molecular complexity index is 1040. The lowest BCUT2D eigenvalue weighted by Gasteiger charge is -2.20. The lowest BCUT2D eigenvalue weighted by molar-refractivity contribution is -0.158. The number of amides is 3. The Kier molecular flexibility index (Phi) is 5.97. The molecule has 0 fully saturated rings. The molecule has 3 amide bonds. The number of rotatable bonds is 6. The van der Waals surface area contributed by atoms with Crippen LogP contribution in [0.15, 0.2) is 60.7 Å². The molecule has 1 aromatic heterocycles. The van der Waals surface area contributed by atoms with E-state index in [1.54, 1.807) is 13.8 Å². The largest absolute Gasteiger partial charge is 0.451 e.